The second kappa shape index (κ2) is 5.45. The minimum atomic E-state index is -0.187. The number of benzene rings is 1. The van der Waals surface area contributed by atoms with Crippen LogP contribution in [0.15, 0.2) is 24.3 Å². The summed E-state index contributed by atoms with van der Waals surface area (Å²) in [7, 11) is 0. The van der Waals surface area contributed by atoms with Gasteiger partial charge in [0, 0.05) is 13.0 Å². The van der Waals surface area contributed by atoms with Gasteiger partial charge in [-0.2, -0.15) is 0 Å². The van der Waals surface area contributed by atoms with Crippen LogP contribution in [-0.4, -0.2) is 24.0 Å². The van der Waals surface area contributed by atoms with Gasteiger partial charge in [0.25, 0.3) is 0 Å². The van der Waals surface area contributed by atoms with Gasteiger partial charge in [-0.15, -0.1) is 0 Å². The third-order valence-electron chi connectivity index (χ3n) is 7.47. The van der Waals surface area contributed by atoms with Crippen molar-refractivity contribution in [1.82, 2.24) is 0 Å². The summed E-state index contributed by atoms with van der Waals surface area (Å²) in [4.78, 5) is 0. The number of rotatable bonds is 4. The van der Waals surface area contributed by atoms with Crippen molar-refractivity contribution in [2.75, 3.05) is 6.54 Å². The fourth-order valence-electron chi connectivity index (χ4n) is 5.71. The molecule has 0 aromatic heterocycles. The molecule has 3 fully saturated rings. The first-order valence-corrected chi connectivity index (χ1v) is 9.17. The number of phenolic OH excluding ortho intramolecular Hbond substituents is 1. The second-order valence-corrected chi connectivity index (χ2v) is 8.62. The third-order valence-corrected chi connectivity index (χ3v) is 7.47. The summed E-state index contributed by atoms with van der Waals surface area (Å²) in [6.07, 6.45) is 3.51. The maximum Gasteiger partial charge on any atom is 0.159 e. The molecule has 0 spiro atoms. The molecule has 2 bridgehead atoms. The van der Waals surface area contributed by atoms with Gasteiger partial charge in [0.2, 0.25) is 0 Å². The smallest absolute Gasteiger partial charge is 0.159 e. The average molecular weight is 331 g/mol. The SMILES string of the molecule is CC1(C)[C@@H]2CC[C@@]1(C)[C@@H]1O[C@@H](O[C@@H](CN)c3ccc(O)cc3)C[C@H]21. The molecule has 1 aromatic rings. The lowest BCUT2D eigenvalue weighted by atomic mass is 9.70. The molecule has 3 N–H and O–H groups in total. The standard InChI is InChI=1S/C20H29NO3/c1-19(2)15-8-9-20(19,3)18-14(15)10-17(24-18)23-16(11-21)12-4-6-13(22)7-5-12/h4-7,14-18,22H,8-11,21H2,1-3H3/t14-,15-,16+,17-,18-,20+/m1/s1. The third kappa shape index (κ3) is 2.16. The van der Waals surface area contributed by atoms with E-state index in [4.69, 9.17) is 15.2 Å². The minimum absolute atomic E-state index is 0.168. The molecule has 4 heteroatoms. The predicted molar refractivity (Wildman–Crippen MR) is 92.4 cm³/mol. The highest BCUT2D eigenvalue weighted by atomic mass is 16.7. The molecular formula is C20H29NO3. The van der Waals surface area contributed by atoms with Crippen molar-refractivity contribution >= 4 is 0 Å². The van der Waals surface area contributed by atoms with E-state index in [1.54, 1.807) is 12.1 Å². The van der Waals surface area contributed by atoms with Crippen molar-refractivity contribution in [3.05, 3.63) is 29.8 Å². The number of hydrogen-bond acceptors (Lipinski definition) is 4. The van der Waals surface area contributed by atoms with Crippen LogP contribution in [0.1, 0.15) is 51.7 Å². The molecule has 1 aliphatic heterocycles. The quantitative estimate of drug-likeness (QED) is 0.885. The van der Waals surface area contributed by atoms with Crippen LogP contribution < -0.4 is 5.73 Å². The Bertz CT molecular complexity index is 614. The zero-order chi connectivity index (χ0) is 17.1. The molecule has 132 valence electrons. The first-order valence-electron chi connectivity index (χ1n) is 9.17. The van der Waals surface area contributed by atoms with Gasteiger partial charge in [-0.05, 0) is 53.2 Å². The van der Waals surface area contributed by atoms with E-state index >= 15 is 0 Å². The van der Waals surface area contributed by atoms with Crippen LogP contribution in [0.4, 0.5) is 0 Å². The summed E-state index contributed by atoms with van der Waals surface area (Å²) < 4.78 is 12.6. The van der Waals surface area contributed by atoms with E-state index in [9.17, 15) is 5.11 Å². The van der Waals surface area contributed by atoms with Crippen molar-refractivity contribution < 1.29 is 14.6 Å². The van der Waals surface area contributed by atoms with E-state index in [1.807, 2.05) is 12.1 Å². The van der Waals surface area contributed by atoms with Crippen LogP contribution in [0.5, 0.6) is 5.75 Å². The number of phenols is 1. The maximum atomic E-state index is 9.45. The van der Waals surface area contributed by atoms with Gasteiger partial charge in [-0.3, -0.25) is 0 Å². The number of aromatic hydroxyl groups is 1. The van der Waals surface area contributed by atoms with Crippen LogP contribution in [0.2, 0.25) is 0 Å². The van der Waals surface area contributed by atoms with Gasteiger partial charge in [0.15, 0.2) is 6.29 Å². The Labute approximate surface area is 144 Å². The molecule has 2 aliphatic carbocycles. The molecule has 24 heavy (non-hydrogen) atoms. The van der Waals surface area contributed by atoms with Crippen LogP contribution >= 0.6 is 0 Å². The zero-order valence-corrected chi connectivity index (χ0v) is 14.9. The van der Waals surface area contributed by atoms with Crippen LogP contribution in [-0.2, 0) is 9.47 Å². The van der Waals surface area contributed by atoms with Crippen molar-refractivity contribution in [1.29, 1.82) is 0 Å². The van der Waals surface area contributed by atoms with Crippen LogP contribution in [0.3, 0.4) is 0 Å². The van der Waals surface area contributed by atoms with Gasteiger partial charge in [0.1, 0.15) is 5.75 Å². The van der Waals surface area contributed by atoms with Crippen LogP contribution in [0.25, 0.3) is 0 Å². The molecule has 1 aromatic carbocycles. The second-order valence-electron chi connectivity index (χ2n) is 8.62. The fourth-order valence-corrected chi connectivity index (χ4v) is 5.71. The van der Waals surface area contributed by atoms with Crippen molar-refractivity contribution in [2.45, 2.75) is 58.5 Å². The minimum Gasteiger partial charge on any atom is -0.508 e. The zero-order valence-electron chi connectivity index (χ0n) is 14.9. The van der Waals surface area contributed by atoms with Gasteiger partial charge in [-0.25, -0.2) is 0 Å². The van der Waals surface area contributed by atoms with E-state index in [2.05, 4.69) is 20.8 Å². The average Bonchev–Trinajstić information content (AvgIpc) is 3.11. The Morgan fingerprint density at radius 2 is 2.00 bits per heavy atom. The Kier molecular flexibility index (Phi) is 3.72. The summed E-state index contributed by atoms with van der Waals surface area (Å²) in [5, 5.41) is 9.45. The Balaban J connectivity index is 1.48. The van der Waals surface area contributed by atoms with E-state index in [0.29, 0.717) is 24.0 Å². The van der Waals surface area contributed by atoms with Crippen molar-refractivity contribution in [2.24, 2.45) is 28.4 Å². The number of fused-ring (bicyclic) bond motifs is 5. The first kappa shape index (κ1) is 16.4. The summed E-state index contributed by atoms with van der Waals surface area (Å²) in [5.41, 5.74) is 7.54. The van der Waals surface area contributed by atoms with Gasteiger partial charge in [0.05, 0.1) is 12.2 Å². The lowest BCUT2D eigenvalue weighted by Crippen LogP contribution is -2.38. The summed E-state index contributed by atoms with van der Waals surface area (Å²) in [6.45, 7) is 7.65. The van der Waals surface area contributed by atoms with E-state index in [0.717, 1.165) is 17.9 Å². The molecule has 6 atom stereocenters. The van der Waals surface area contributed by atoms with Gasteiger partial charge >= 0.3 is 0 Å². The molecule has 4 rings (SSSR count). The first-order chi connectivity index (χ1) is 11.4. The molecule has 4 nitrogen and oxygen atoms in total. The Morgan fingerprint density at radius 3 is 2.62 bits per heavy atom. The predicted octanol–water partition coefficient (Wildman–Crippen LogP) is 3.60. The Morgan fingerprint density at radius 1 is 1.29 bits per heavy atom. The fraction of sp³-hybridized carbons (Fsp3) is 0.700. The van der Waals surface area contributed by atoms with Crippen LogP contribution in [0, 0.1) is 22.7 Å². The molecule has 3 aliphatic rings. The molecule has 0 amide bonds. The largest absolute Gasteiger partial charge is 0.508 e. The Hall–Kier alpha value is -1.10. The molecule has 0 radical (unpaired) electrons. The highest BCUT2D eigenvalue weighted by molar-refractivity contribution is 5.27. The van der Waals surface area contributed by atoms with Gasteiger partial charge in [-0.1, -0.05) is 32.9 Å². The summed E-state index contributed by atoms with van der Waals surface area (Å²) in [5.74, 6) is 1.61. The summed E-state index contributed by atoms with van der Waals surface area (Å²) in [6, 6.07) is 7.10. The topological polar surface area (TPSA) is 64.7 Å². The summed E-state index contributed by atoms with van der Waals surface area (Å²) >= 11 is 0. The molecule has 1 saturated heterocycles. The highest BCUT2D eigenvalue weighted by Crippen LogP contribution is 2.71. The van der Waals surface area contributed by atoms with E-state index < -0.39 is 0 Å². The highest BCUT2D eigenvalue weighted by Gasteiger charge is 2.69. The van der Waals surface area contributed by atoms with Crippen molar-refractivity contribution in [3.8, 4) is 5.75 Å². The monoisotopic (exact) mass is 331 g/mol. The lowest BCUT2D eigenvalue weighted by Gasteiger charge is -2.39. The van der Waals surface area contributed by atoms with E-state index in [1.165, 1.54) is 12.8 Å². The molecule has 2 saturated carbocycles. The molecular weight excluding hydrogens is 302 g/mol. The lowest BCUT2D eigenvalue weighted by molar-refractivity contribution is -0.185. The number of nitrogens with two attached hydrogens (primary N) is 1. The molecule has 0 unspecified atom stereocenters. The van der Waals surface area contributed by atoms with Gasteiger partial charge < -0.3 is 20.3 Å². The number of ether oxygens (including phenoxy) is 2. The normalized spacial score (nSPS) is 40.7. The molecule has 1 heterocycles. The van der Waals surface area contributed by atoms with E-state index in [-0.39, 0.29) is 23.6 Å². The number of hydrogen-bond donors (Lipinski definition) is 2. The maximum absolute atomic E-state index is 9.45. The van der Waals surface area contributed by atoms with Crippen molar-refractivity contribution in [3.63, 3.8) is 0 Å².